The van der Waals surface area contributed by atoms with Crippen LogP contribution in [0.1, 0.15) is 52.8 Å². The molecule has 7 rings (SSSR count). The lowest BCUT2D eigenvalue weighted by Crippen LogP contribution is -2.35. The van der Waals surface area contributed by atoms with Gasteiger partial charge in [-0.05, 0) is 56.6 Å². The van der Waals surface area contributed by atoms with Gasteiger partial charge in [0.1, 0.15) is 17.9 Å². The van der Waals surface area contributed by atoms with Gasteiger partial charge in [0.15, 0.2) is 11.3 Å². The van der Waals surface area contributed by atoms with E-state index in [-0.39, 0.29) is 11.8 Å². The fourth-order valence-corrected chi connectivity index (χ4v) is 5.97. The maximum atomic E-state index is 12.1. The Morgan fingerprint density at radius 2 is 1.81 bits per heavy atom. The molecule has 1 atom stereocenters. The molecule has 0 amide bonds. The lowest BCUT2D eigenvalue weighted by Gasteiger charge is -2.32. The molecule has 2 aliphatic rings. The zero-order valence-corrected chi connectivity index (χ0v) is 24.2. The Kier molecular flexibility index (Phi) is 7.69. The number of pyridine rings is 3. The van der Waals surface area contributed by atoms with Crippen LogP contribution in [0.25, 0.3) is 22.1 Å². The average molecular weight is 579 g/mol. The van der Waals surface area contributed by atoms with Crippen molar-refractivity contribution >= 4 is 28.0 Å². The zero-order chi connectivity index (χ0) is 29.2. The van der Waals surface area contributed by atoms with Crippen molar-refractivity contribution in [3.05, 3.63) is 89.6 Å². The molecule has 0 saturated carbocycles. The van der Waals surface area contributed by atoms with Crippen LogP contribution >= 0.6 is 0 Å². The van der Waals surface area contributed by atoms with E-state index < -0.39 is 5.97 Å². The van der Waals surface area contributed by atoms with E-state index in [0.29, 0.717) is 37.1 Å². The Hall–Kier alpha value is -4.41. The first-order valence-corrected chi connectivity index (χ1v) is 14.9. The minimum atomic E-state index is -0.452. The number of carbonyl (C=O) groups excluding carboxylic acids is 1. The summed E-state index contributed by atoms with van der Waals surface area (Å²) in [6.45, 7) is 4.45. The monoisotopic (exact) mass is 578 g/mol. The van der Waals surface area contributed by atoms with E-state index in [9.17, 15) is 4.79 Å². The molecule has 5 aromatic rings. The molecule has 6 heterocycles. The first-order valence-electron chi connectivity index (χ1n) is 14.9. The molecule has 0 spiro atoms. The molecule has 0 N–H and O–H groups in total. The third-order valence-corrected chi connectivity index (χ3v) is 8.45. The van der Waals surface area contributed by atoms with Crippen molar-refractivity contribution in [2.75, 3.05) is 26.8 Å². The number of hydrogen-bond donors (Lipinski definition) is 0. The summed E-state index contributed by atoms with van der Waals surface area (Å²) in [6.07, 6.45) is 4.96. The highest BCUT2D eigenvalue weighted by atomic mass is 16.5. The molecule has 2 fully saturated rings. The molecule has 10 heteroatoms. The third-order valence-electron chi connectivity index (χ3n) is 8.45. The molecule has 2 saturated heterocycles. The largest absolute Gasteiger partial charge is 0.473 e. The van der Waals surface area contributed by atoms with Crippen LogP contribution in [0.3, 0.4) is 0 Å². The number of carbonyl (C=O) groups is 1. The van der Waals surface area contributed by atoms with E-state index in [1.54, 1.807) is 6.07 Å². The highest BCUT2D eigenvalue weighted by Gasteiger charge is 2.26. The van der Waals surface area contributed by atoms with E-state index in [4.69, 9.17) is 24.2 Å². The standard InChI is InChI=1S/C33H34N6O4/c1-41-33(40)28-11-10-27-32(37-28)39(19-25-14-18-42-25)29(35-27)20-38-16-12-22(13-17-38)26-8-3-9-30(36-26)43-21-24-6-2-5-23-7-4-15-34-31(23)24/h2-11,15,22,25H,12-14,16-21H2,1H3. The minimum Gasteiger partial charge on any atom is -0.473 e. The van der Waals surface area contributed by atoms with Crippen molar-refractivity contribution in [1.82, 2.24) is 29.4 Å². The molecule has 4 aromatic heterocycles. The molecule has 220 valence electrons. The first kappa shape index (κ1) is 27.4. The second-order valence-corrected chi connectivity index (χ2v) is 11.2. The highest BCUT2D eigenvalue weighted by molar-refractivity contribution is 5.89. The van der Waals surface area contributed by atoms with E-state index in [2.05, 4.69) is 43.7 Å². The number of nitrogens with zero attached hydrogens (tertiary/aromatic N) is 6. The minimum absolute atomic E-state index is 0.142. The quantitative estimate of drug-likeness (QED) is 0.226. The van der Waals surface area contributed by atoms with Crippen molar-refractivity contribution < 1.29 is 19.0 Å². The van der Waals surface area contributed by atoms with Crippen LogP contribution in [-0.4, -0.2) is 68.3 Å². The van der Waals surface area contributed by atoms with Gasteiger partial charge in [-0.2, -0.15) is 0 Å². The van der Waals surface area contributed by atoms with Gasteiger partial charge in [0.05, 0.1) is 31.8 Å². The number of esters is 1. The van der Waals surface area contributed by atoms with Gasteiger partial charge in [-0.25, -0.2) is 19.7 Å². The number of imidazole rings is 1. The molecular weight excluding hydrogens is 544 g/mol. The summed E-state index contributed by atoms with van der Waals surface area (Å²) in [5.41, 5.74) is 4.83. The van der Waals surface area contributed by atoms with E-state index in [1.165, 1.54) is 7.11 Å². The van der Waals surface area contributed by atoms with E-state index in [0.717, 1.165) is 72.5 Å². The smallest absolute Gasteiger partial charge is 0.356 e. The number of benzene rings is 1. The molecule has 0 aliphatic carbocycles. The fraction of sp³-hybridized carbons (Fsp3) is 0.364. The van der Waals surface area contributed by atoms with Crippen LogP contribution < -0.4 is 4.74 Å². The van der Waals surface area contributed by atoms with Crippen LogP contribution in [0.4, 0.5) is 0 Å². The molecule has 43 heavy (non-hydrogen) atoms. The summed E-state index contributed by atoms with van der Waals surface area (Å²) in [4.78, 5) is 33.5. The molecule has 10 nitrogen and oxygen atoms in total. The Morgan fingerprint density at radius 1 is 0.977 bits per heavy atom. The summed E-state index contributed by atoms with van der Waals surface area (Å²) >= 11 is 0. The summed E-state index contributed by atoms with van der Waals surface area (Å²) in [5, 5.41) is 1.10. The maximum Gasteiger partial charge on any atom is 0.356 e. The topological polar surface area (TPSA) is 104 Å². The fourth-order valence-electron chi connectivity index (χ4n) is 5.97. The predicted octanol–water partition coefficient (Wildman–Crippen LogP) is 4.91. The second kappa shape index (κ2) is 12.1. The molecular formula is C33H34N6O4. The zero-order valence-electron chi connectivity index (χ0n) is 24.2. The van der Waals surface area contributed by atoms with Gasteiger partial charge in [0.25, 0.3) is 0 Å². The number of methoxy groups -OCH3 is 1. The van der Waals surface area contributed by atoms with Crippen LogP contribution in [-0.2, 0) is 29.2 Å². The van der Waals surface area contributed by atoms with E-state index in [1.807, 2.05) is 36.5 Å². The summed E-state index contributed by atoms with van der Waals surface area (Å²) in [5.74, 6) is 1.49. The molecule has 0 radical (unpaired) electrons. The second-order valence-electron chi connectivity index (χ2n) is 11.2. The number of rotatable bonds is 9. The Morgan fingerprint density at radius 3 is 2.63 bits per heavy atom. The number of para-hydroxylation sites is 1. The lowest BCUT2D eigenvalue weighted by molar-refractivity contribution is -0.0593. The third kappa shape index (κ3) is 5.80. The van der Waals surface area contributed by atoms with Crippen LogP contribution in [0.5, 0.6) is 5.88 Å². The van der Waals surface area contributed by atoms with Crippen LogP contribution in [0.2, 0.25) is 0 Å². The number of piperidine rings is 1. The summed E-state index contributed by atoms with van der Waals surface area (Å²) in [7, 11) is 1.37. The van der Waals surface area contributed by atoms with Crippen molar-refractivity contribution in [2.24, 2.45) is 0 Å². The Labute approximate surface area is 249 Å². The molecule has 1 aromatic carbocycles. The SMILES string of the molecule is COC(=O)c1ccc2nc(CN3CCC(c4cccc(OCc5cccc6cccnc56)n4)CC3)n(CC3CCO3)c2n1. The summed E-state index contributed by atoms with van der Waals surface area (Å²) in [6, 6.07) is 19.7. The lowest BCUT2D eigenvalue weighted by atomic mass is 9.93. The first-order chi connectivity index (χ1) is 21.1. The number of aromatic nitrogens is 5. The van der Waals surface area contributed by atoms with Crippen molar-refractivity contribution in [2.45, 2.75) is 51.0 Å². The normalized spacial score (nSPS) is 17.7. The van der Waals surface area contributed by atoms with Gasteiger partial charge < -0.3 is 18.8 Å². The summed E-state index contributed by atoms with van der Waals surface area (Å²) < 4.78 is 18.9. The Bertz CT molecular complexity index is 1750. The predicted molar refractivity (Wildman–Crippen MR) is 161 cm³/mol. The van der Waals surface area contributed by atoms with Crippen LogP contribution in [0, 0.1) is 0 Å². The van der Waals surface area contributed by atoms with Crippen LogP contribution in [0.15, 0.2) is 66.9 Å². The number of fused-ring (bicyclic) bond motifs is 2. The number of hydrogen-bond acceptors (Lipinski definition) is 9. The van der Waals surface area contributed by atoms with Gasteiger partial charge in [-0.3, -0.25) is 9.88 Å². The molecule has 1 unspecified atom stereocenters. The van der Waals surface area contributed by atoms with Gasteiger partial charge in [-0.15, -0.1) is 0 Å². The highest BCUT2D eigenvalue weighted by Crippen LogP contribution is 2.30. The molecule has 2 aliphatic heterocycles. The Balaban J connectivity index is 1.01. The number of likely N-dealkylation sites (tertiary alicyclic amines) is 1. The average Bonchev–Trinajstić information content (AvgIpc) is 3.37. The van der Waals surface area contributed by atoms with Gasteiger partial charge >= 0.3 is 5.97 Å². The van der Waals surface area contributed by atoms with Gasteiger partial charge in [0, 0.05) is 41.4 Å². The maximum absolute atomic E-state index is 12.1. The van der Waals surface area contributed by atoms with E-state index >= 15 is 0 Å². The van der Waals surface area contributed by atoms with Crippen molar-refractivity contribution in [3.63, 3.8) is 0 Å². The van der Waals surface area contributed by atoms with Crippen molar-refractivity contribution in [1.29, 1.82) is 0 Å². The van der Waals surface area contributed by atoms with Crippen molar-refractivity contribution in [3.8, 4) is 5.88 Å². The number of ether oxygens (including phenoxy) is 3. The van der Waals surface area contributed by atoms with Gasteiger partial charge in [0.2, 0.25) is 5.88 Å². The van der Waals surface area contributed by atoms with Gasteiger partial charge in [-0.1, -0.05) is 30.3 Å². The molecule has 0 bridgehead atoms.